The van der Waals surface area contributed by atoms with Gasteiger partial charge in [-0.2, -0.15) is 0 Å². The second-order valence-electron chi connectivity index (χ2n) is 7.49. The molecule has 0 radical (unpaired) electrons. The van der Waals surface area contributed by atoms with Gasteiger partial charge in [-0.15, -0.1) is 0 Å². The van der Waals surface area contributed by atoms with Crippen LogP contribution in [0.3, 0.4) is 0 Å². The van der Waals surface area contributed by atoms with Crippen LogP contribution in [-0.4, -0.2) is 49.4 Å². The fourth-order valence-electron chi connectivity index (χ4n) is 3.03. The van der Waals surface area contributed by atoms with E-state index in [4.69, 9.17) is 0 Å². The van der Waals surface area contributed by atoms with E-state index in [0.29, 0.717) is 23.7 Å². The average Bonchev–Trinajstić information content (AvgIpc) is 2.59. The summed E-state index contributed by atoms with van der Waals surface area (Å²) in [5.74, 6) is 0.275. The van der Waals surface area contributed by atoms with E-state index in [1.165, 1.54) is 12.8 Å². The molecule has 1 atom stereocenters. The zero-order valence-electron chi connectivity index (χ0n) is 16.4. The molecule has 0 aliphatic carbocycles. The van der Waals surface area contributed by atoms with Gasteiger partial charge in [-0.25, -0.2) is 0 Å². The van der Waals surface area contributed by atoms with E-state index in [1.54, 1.807) is 12.1 Å². The van der Waals surface area contributed by atoms with Gasteiger partial charge in [-0.05, 0) is 50.6 Å². The van der Waals surface area contributed by atoms with Crippen molar-refractivity contribution in [2.45, 2.75) is 46.1 Å². The number of nitrogens with zero attached hydrogens (tertiary/aromatic N) is 1. The van der Waals surface area contributed by atoms with Crippen molar-refractivity contribution in [2.75, 3.05) is 37.3 Å². The van der Waals surface area contributed by atoms with Gasteiger partial charge in [0.2, 0.25) is 5.91 Å². The van der Waals surface area contributed by atoms with Gasteiger partial charge in [0.1, 0.15) is 6.04 Å². The molecule has 2 amide bonds. The predicted molar refractivity (Wildman–Crippen MR) is 107 cm³/mol. The molecule has 6 nitrogen and oxygen atoms in total. The first kappa shape index (κ1) is 20.2. The van der Waals surface area contributed by atoms with Crippen LogP contribution in [0.5, 0.6) is 0 Å². The highest BCUT2D eigenvalue weighted by molar-refractivity contribution is 6.05. The average molecular weight is 361 g/mol. The molecule has 0 spiro atoms. The van der Waals surface area contributed by atoms with Crippen molar-refractivity contribution in [1.82, 2.24) is 10.2 Å². The number of carbonyl (C=O) groups excluding carboxylic acids is 2. The quantitative estimate of drug-likeness (QED) is 0.633. The van der Waals surface area contributed by atoms with Crippen molar-refractivity contribution in [3.63, 3.8) is 0 Å². The van der Waals surface area contributed by atoms with Gasteiger partial charge in [-0.3, -0.25) is 9.59 Å². The third-order valence-electron chi connectivity index (χ3n) is 4.57. The lowest BCUT2D eigenvalue weighted by Crippen LogP contribution is -2.40. The summed E-state index contributed by atoms with van der Waals surface area (Å²) < 4.78 is 0. The fourth-order valence-corrected chi connectivity index (χ4v) is 3.03. The number of unbranched alkanes of at least 4 members (excludes halogenated alkanes) is 1. The predicted octanol–water partition coefficient (Wildman–Crippen LogP) is 2.93. The monoisotopic (exact) mass is 360 g/mol. The molecule has 1 unspecified atom stereocenters. The van der Waals surface area contributed by atoms with Crippen LogP contribution in [0.4, 0.5) is 11.4 Å². The molecular weight excluding hydrogens is 328 g/mol. The third-order valence-corrected chi connectivity index (χ3v) is 4.57. The zero-order valence-corrected chi connectivity index (χ0v) is 16.4. The van der Waals surface area contributed by atoms with Crippen LogP contribution in [0.25, 0.3) is 0 Å². The lowest BCUT2D eigenvalue weighted by atomic mass is 10.00. The third kappa shape index (κ3) is 5.73. The maximum atomic E-state index is 12.4. The lowest BCUT2D eigenvalue weighted by Gasteiger charge is -2.28. The molecule has 1 aromatic carbocycles. The zero-order chi connectivity index (χ0) is 19.1. The summed E-state index contributed by atoms with van der Waals surface area (Å²) in [6.07, 6.45) is 3.11. The van der Waals surface area contributed by atoms with Gasteiger partial charge >= 0.3 is 0 Å². The minimum absolute atomic E-state index is 0.0405. The molecule has 0 bridgehead atoms. The standard InChI is InChI=1S/C20H32N4O2/c1-5-6-10-24(4)11-9-21-19(25)15-7-8-16-17(13-15)23-20(26)18(22-16)12-14(2)3/h7-8,13-14,18,22H,5-6,9-12H2,1-4H3,(H,21,25)(H,23,26). The number of hydrogen-bond acceptors (Lipinski definition) is 4. The van der Waals surface area contributed by atoms with E-state index in [1.807, 2.05) is 6.07 Å². The first-order chi connectivity index (χ1) is 12.4. The van der Waals surface area contributed by atoms with Crippen LogP contribution in [0.15, 0.2) is 18.2 Å². The molecule has 144 valence electrons. The fraction of sp³-hybridized carbons (Fsp3) is 0.600. The summed E-state index contributed by atoms with van der Waals surface area (Å²) in [7, 11) is 2.06. The first-order valence-electron chi connectivity index (χ1n) is 9.59. The molecule has 1 aliphatic rings. The lowest BCUT2D eigenvalue weighted by molar-refractivity contribution is -0.117. The van der Waals surface area contributed by atoms with E-state index in [-0.39, 0.29) is 17.9 Å². The van der Waals surface area contributed by atoms with Crippen molar-refractivity contribution < 1.29 is 9.59 Å². The largest absolute Gasteiger partial charge is 0.372 e. The van der Waals surface area contributed by atoms with Gasteiger partial charge in [0.25, 0.3) is 5.91 Å². The van der Waals surface area contributed by atoms with Gasteiger partial charge in [0.15, 0.2) is 0 Å². The highest BCUT2D eigenvalue weighted by atomic mass is 16.2. The Morgan fingerprint density at radius 2 is 2.04 bits per heavy atom. The number of amides is 2. The van der Waals surface area contributed by atoms with Gasteiger partial charge in [0, 0.05) is 18.7 Å². The number of likely N-dealkylation sites (N-methyl/N-ethyl adjacent to an activating group) is 1. The molecule has 26 heavy (non-hydrogen) atoms. The number of fused-ring (bicyclic) bond motifs is 1. The van der Waals surface area contributed by atoms with E-state index in [2.05, 4.69) is 48.7 Å². The molecule has 0 saturated heterocycles. The Hall–Kier alpha value is -2.08. The highest BCUT2D eigenvalue weighted by Gasteiger charge is 2.26. The van der Waals surface area contributed by atoms with Crippen LogP contribution >= 0.6 is 0 Å². The van der Waals surface area contributed by atoms with Gasteiger partial charge in [0.05, 0.1) is 11.4 Å². The van der Waals surface area contributed by atoms with E-state index in [9.17, 15) is 9.59 Å². The molecule has 3 N–H and O–H groups in total. The molecule has 1 aromatic rings. The number of carbonyl (C=O) groups is 2. The Morgan fingerprint density at radius 1 is 1.27 bits per heavy atom. The van der Waals surface area contributed by atoms with Crippen molar-refractivity contribution in [2.24, 2.45) is 5.92 Å². The summed E-state index contributed by atoms with van der Waals surface area (Å²) in [4.78, 5) is 26.8. The van der Waals surface area contributed by atoms with Crippen LogP contribution in [0, 0.1) is 5.92 Å². The topological polar surface area (TPSA) is 73.5 Å². The maximum Gasteiger partial charge on any atom is 0.251 e. The van der Waals surface area contributed by atoms with Crippen LogP contribution in [-0.2, 0) is 4.79 Å². The number of hydrogen-bond donors (Lipinski definition) is 3. The van der Waals surface area contributed by atoms with Crippen molar-refractivity contribution in [3.8, 4) is 0 Å². The minimum atomic E-state index is -0.221. The molecule has 0 saturated carbocycles. The Labute approximate surface area is 156 Å². The molecule has 1 aliphatic heterocycles. The summed E-state index contributed by atoms with van der Waals surface area (Å²) in [6, 6.07) is 5.18. The number of rotatable bonds is 9. The summed E-state index contributed by atoms with van der Waals surface area (Å²) in [6.45, 7) is 8.84. The van der Waals surface area contributed by atoms with Crippen LogP contribution < -0.4 is 16.0 Å². The highest BCUT2D eigenvalue weighted by Crippen LogP contribution is 2.29. The Bertz CT molecular complexity index is 630. The second-order valence-corrected chi connectivity index (χ2v) is 7.49. The Kier molecular flexibility index (Phi) is 7.45. The number of nitrogens with one attached hydrogen (secondary N) is 3. The number of anilines is 2. The summed E-state index contributed by atoms with van der Waals surface area (Å²) in [5, 5.41) is 9.14. The van der Waals surface area contributed by atoms with Crippen molar-refractivity contribution in [3.05, 3.63) is 23.8 Å². The molecule has 1 heterocycles. The molecule has 2 rings (SSSR count). The molecule has 6 heteroatoms. The molecule has 0 aromatic heterocycles. The summed E-state index contributed by atoms with van der Waals surface area (Å²) in [5.41, 5.74) is 2.10. The second kappa shape index (κ2) is 9.57. The SMILES string of the molecule is CCCCN(C)CCNC(=O)c1ccc2c(c1)NC(=O)C(CC(C)C)N2. The van der Waals surface area contributed by atoms with Gasteiger partial charge < -0.3 is 20.9 Å². The van der Waals surface area contributed by atoms with Crippen molar-refractivity contribution >= 4 is 23.2 Å². The van der Waals surface area contributed by atoms with E-state index >= 15 is 0 Å². The smallest absolute Gasteiger partial charge is 0.251 e. The maximum absolute atomic E-state index is 12.4. The number of benzene rings is 1. The van der Waals surface area contributed by atoms with Gasteiger partial charge in [-0.1, -0.05) is 27.2 Å². The molecule has 0 fully saturated rings. The van der Waals surface area contributed by atoms with Crippen molar-refractivity contribution in [1.29, 1.82) is 0 Å². The van der Waals surface area contributed by atoms with E-state index in [0.717, 1.165) is 25.2 Å². The Morgan fingerprint density at radius 3 is 2.73 bits per heavy atom. The first-order valence-corrected chi connectivity index (χ1v) is 9.59. The molecular formula is C20H32N4O2. The van der Waals surface area contributed by atoms with Crippen LogP contribution in [0.1, 0.15) is 50.4 Å². The van der Waals surface area contributed by atoms with E-state index < -0.39 is 0 Å². The Balaban J connectivity index is 1.91. The van der Waals surface area contributed by atoms with Crippen LogP contribution in [0.2, 0.25) is 0 Å². The minimum Gasteiger partial charge on any atom is -0.372 e. The summed E-state index contributed by atoms with van der Waals surface area (Å²) >= 11 is 0. The normalized spacial score (nSPS) is 16.2.